The number of rotatable bonds is 9. The Morgan fingerprint density at radius 3 is 2.58 bits per heavy atom. The van der Waals surface area contributed by atoms with Crippen LogP contribution in [0.5, 0.6) is 5.75 Å². The van der Waals surface area contributed by atoms with Gasteiger partial charge < -0.3 is 24.1 Å². The van der Waals surface area contributed by atoms with Gasteiger partial charge in [0.2, 0.25) is 5.91 Å². The number of imidazole rings is 1. The molecule has 7 heteroatoms. The number of amides is 1. The fourth-order valence-corrected chi connectivity index (χ4v) is 2.26. The van der Waals surface area contributed by atoms with Crippen LogP contribution in [0.3, 0.4) is 0 Å². The van der Waals surface area contributed by atoms with Gasteiger partial charge in [-0.25, -0.2) is 4.98 Å². The Bertz CT molecular complexity index is 640. The fourth-order valence-electron chi connectivity index (χ4n) is 2.26. The molecular weight excluding hydrogens is 310 g/mol. The zero-order valence-electron chi connectivity index (χ0n) is 14.2. The van der Waals surface area contributed by atoms with Gasteiger partial charge in [0.25, 0.3) is 0 Å². The van der Waals surface area contributed by atoms with E-state index >= 15 is 0 Å². The van der Waals surface area contributed by atoms with E-state index in [1.807, 2.05) is 42.1 Å². The van der Waals surface area contributed by atoms with E-state index in [4.69, 9.17) is 14.2 Å². The summed E-state index contributed by atoms with van der Waals surface area (Å²) in [5, 5.41) is 2.96. The highest BCUT2D eigenvalue weighted by Gasteiger charge is 2.20. The fraction of sp³-hybridized carbons (Fsp3) is 0.412. The van der Waals surface area contributed by atoms with Gasteiger partial charge in [0, 0.05) is 26.6 Å². The summed E-state index contributed by atoms with van der Waals surface area (Å²) in [4.78, 5) is 16.5. The molecule has 0 radical (unpaired) electrons. The van der Waals surface area contributed by atoms with Crippen molar-refractivity contribution >= 4 is 5.91 Å². The van der Waals surface area contributed by atoms with Gasteiger partial charge in [-0.05, 0) is 17.7 Å². The topological polar surface area (TPSA) is 74.6 Å². The van der Waals surface area contributed by atoms with E-state index in [0.29, 0.717) is 13.2 Å². The highest BCUT2D eigenvalue weighted by molar-refractivity contribution is 5.78. The Morgan fingerprint density at radius 2 is 2.00 bits per heavy atom. The molecule has 2 aromatic rings. The minimum atomic E-state index is -0.366. The third kappa shape index (κ3) is 4.81. The van der Waals surface area contributed by atoms with Crippen molar-refractivity contribution in [2.45, 2.75) is 6.04 Å². The summed E-state index contributed by atoms with van der Waals surface area (Å²) in [7, 11) is 5.09. The minimum absolute atomic E-state index is 0.0273. The van der Waals surface area contributed by atoms with Crippen molar-refractivity contribution < 1.29 is 19.0 Å². The lowest BCUT2D eigenvalue weighted by molar-refractivity contribution is -0.126. The summed E-state index contributed by atoms with van der Waals surface area (Å²) in [5.41, 5.74) is 0.912. The first-order chi connectivity index (χ1) is 11.7. The number of hydrogen-bond donors (Lipinski definition) is 1. The number of carbonyl (C=O) groups excluding carboxylic acids is 1. The summed E-state index contributed by atoms with van der Waals surface area (Å²) in [6.07, 6.45) is 3.54. The van der Waals surface area contributed by atoms with E-state index in [9.17, 15) is 4.79 Å². The van der Waals surface area contributed by atoms with Crippen LogP contribution in [-0.2, 0) is 21.3 Å². The van der Waals surface area contributed by atoms with Crippen molar-refractivity contribution in [1.82, 2.24) is 14.9 Å². The summed E-state index contributed by atoms with van der Waals surface area (Å²) in [6.45, 7) is 0.800. The maximum absolute atomic E-state index is 12.2. The van der Waals surface area contributed by atoms with Gasteiger partial charge in [-0.15, -0.1) is 0 Å². The lowest BCUT2D eigenvalue weighted by Gasteiger charge is -2.19. The van der Waals surface area contributed by atoms with Crippen LogP contribution in [0.1, 0.15) is 17.4 Å². The van der Waals surface area contributed by atoms with Gasteiger partial charge in [0.05, 0.1) is 20.3 Å². The molecule has 0 aliphatic heterocycles. The molecule has 0 spiro atoms. The molecule has 0 aliphatic rings. The van der Waals surface area contributed by atoms with Gasteiger partial charge in [0.1, 0.15) is 24.2 Å². The SMILES string of the molecule is COCCOCC(=O)NC(c1ccc(OC)cc1)c1nccn1C. The molecule has 0 saturated heterocycles. The van der Waals surface area contributed by atoms with Crippen molar-refractivity contribution in [3.8, 4) is 5.75 Å². The number of hydrogen-bond acceptors (Lipinski definition) is 5. The van der Waals surface area contributed by atoms with Crippen LogP contribution in [0.25, 0.3) is 0 Å². The predicted molar refractivity (Wildman–Crippen MR) is 88.9 cm³/mol. The molecule has 1 aromatic carbocycles. The zero-order valence-corrected chi connectivity index (χ0v) is 14.2. The van der Waals surface area contributed by atoms with E-state index in [1.54, 1.807) is 20.4 Å². The van der Waals surface area contributed by atoms with Gasteiger partial charge in [-0.1, -0.05) is 12.1 Å². The first-order valence-corrected chi connectivity index (χ1v) is 7.63. The minimum Gasteiger partial charge on any atom is -0.497 e. The number of aryl methyl sites for hydroxylation is 1. The Kier molecular flexibility index (Phi) is 6.77. The van der Waals surface area contributed by atoms with Crippen molar-refractivity contribution in [2.75, 3.05) is 34.0 Å². The van der Waals surface area contributed by atoms with Crippen LogP contribution < -0.4 is 10.1 Å². The van der Waals surface area contributed by atoms with E-state index in [1.165, 1.54) is 0 Å². The number of benzene rings is 1. The highest BCUT2D eigenvalue weighted by atomic mass is 16.5. The molecule has 0 aliphatic carbocycles. The Hall–Kier alpha value is -2.38. The van der Waals surface area contributed by atoms with Crippen LogP contribution >= 0.6 is 0 Å². The van der Waals surface area contributed by atoms with Crippen molar-refractivity contribution in [3.05, 3.63) is 48.0 Å². The second-order valence-corrected chi connectivity index (χ2v) is 5.22. The molecule has 1 unspecified atom stereocenters. The molecule has 1 heterocycles. The van der Waals surface area contributed by atoms with Gasteiger partial charge in [-0.3, -0.25) is 4.79 Å². The zero-order chi connectivity index (χ0) is 17.4. The van der Waals surface area contributed by atoms with Crippen molar-refractivity contribution in [2.24, 2.45) is 7.05 Å². The van der Waals surface area contributed by atoms with E-state index in [2.05, 4.69) is 10.3 Å². The van der Waals surface area contributed by atoms with Crippen LogP contribution in [0.2, 0.25) is 0 Å². The van der Waals surface area contributed by atoms with Gasteiger partial charge in [-0.2, -0.15) is 0 Å². The average Bonchev–Trinajstić information content (AvgIpc) is 3.02. The second kappa shape index (κ2) is 9.05. The highest BCUT2D eigenvalue weighted by Crippen LogP contribution is 2.22. The molecule has 0 saturated carbocycles. The largest absolute Gasteiger partial charge is 0.497 e. The number of nitrogens with one attached hydrogen (secondary N) is 1. The van der Waals surface area contributed by atoms with E-state index in [-0.39, 0.29) is 18.6 Å². The summed E-state index contributed by atoms with van der Waals surface area (Å²) < 4.78 is 17.2. The predicted octanol–water partition coefficient (Wildman–Crippen LogP) is 1.30. The normalized spacial score (nSPS) is 12.0. The molecule has 7 nitrogen and oxygen atoms in total. The number of methoxy groups -OCH3 is 2. The van der Waals surface area contributed by atoms with E-state index < -0.39 is 0 Å². The Labute approximate surface area is 141 Å². The van der Waals surface area contributed by atoms with Crippen LogP contribution in [-0.4, -0.2) is 49.5 Å². The standard InChI is InChI=1S/C17H23N3O4/c1-20-9-8-18-17(20)16(13-4-6-14(23-3)7-5-13)19-15(21)12-24-11-10-22-2/h4-9,16H,10-12H2,1-3H3,(H,19,21). The average molecular weight is 333 g/mol. The maximum Gasteiger partial charge on any atom is 0.246 e. The van der Waals surface area contributed by atoms with Crippen LogP contribution in [0, 0.1) is 0 Å². The lowest BCUT2D eigenvalue weighted by Crippen LogP contribution is -2.34. The summed E-state index contributed by atoms with van der Waals surface area (Å²) >= 11 is 0. The van der Waals surface area contributed by atoms with Crippen LogP contribution in [0.4, 0.5) is 0 Å². The maximum atomic E-state index is 12.2. The number of nitrogens with zero attached hydrogens (tertiary/aromatic N) is 2. The lowest BCUT2D eigenvalue weighted by atomic mass is 10.1. The molecular formula is C17H23N3O4. The number of aromatic nitrogens is 2. The van der Waals surface area contributed by atoms with Crippen molar-refractivity contribution in [1.29, 1.82) is 0 Å². The van der Waals surface area contributed by atoms with Crippen molar-refractivity contribution in [3.63, 3.8) is 0 Å². The first kappa shape index (κ1) is 18.0. The van der Waals surface area contributed by atoms with Gasteiger partial charge >= 0.3 is 0 Å². The summed E-state index contributed by atoms with van der Waals surface area (Å²) in [6, 6.07) is 7.16. The molecule has 1 amide bonds. The summed E-state index contributed by atoms with van der Waals surface area (Å²) in [5.74, 6) is 1.28. The number of ether oxygens (including phenoxy) is 3. The second-order valence-electron chi connectivity index (χ2n) is 5.22. The first-order valence-electron chi connectivity index (χ1n) is 7.63. The molecule has 130 valence electrons. The molecule has 24 heavy (non-hydrogen) atoms. The number of carbonyl (C=O) groups is 1. The molecule has 2 rings (SSSR count). The smallest absolute Gasteiger partial charge is 0.246 e. The quantitative estimate of drug-likeness (QED) is 0.700. The molecule has 1 atom stereocenters. The molecule has 0 fully saturated rings. The van der Waals surface area contributed by atoms with E-state index in [0.717, 1.165) is 17.1 Å². The Morgan fingerprint density at radius 1 is 1.25 bits per heavy atom. The van der Waals surface area contributed by atoms with Gasteiger partial charge in [0.15, 0.2) is 0 Å². The van der Waals surface area contributed by atoms with Crippen LogP contribution in [0.15, 0.2) is 36.7 Å². The molecule has 0 bridgehead atoms. The Balaban J connectivity index is 2.11. The molecule has 1 aromatic heterocycles. The monoisotopic (exact) mass is 333 g/mol. The molecule has 1 N–H and O–H groups in total. The third-order valence-electron chi connectivity index (χ3n) is 3.54. The third-order valence-corrected chi connectivity index (χ3v) is 3.54.